The van der Waals surface area contributed by atoms with Gasteiger partial charge in [0.15, 0.2) is 17.6 Å². The van der Waals surface area contributed by atoms with Gasteiger partial charge in [0, 0.05) is 42.0 Å². The van der Waals surface area contributed by atoms with E-state index in [-0.39, 0.29) is 22.5 Å². The molecule has 9 rings (SSSR count). The lowest BCUT2D eigenvalue weighted by Crippen LogP contribution is -2.83. The fourth-order valence-corrected chi connectivity index (χ4v) is 10.9. The summed E-state index contributed by atoms with van der Waals surface area (Å²) in [6.45, 7) is 10.3. The number of likely N-dealkylation sites (tertiary alicyclic amines) is 1. The molecule has 5 N–H and O–H groups in total. The predicted molar refractivity (Wildman–Crippen MR) is 163 cm³/mol. The Morgan fingerprint density at radius 3 is 2.46 bits per heavy atom. The first-order chi connectivity index (χ1) is 21.6. The van der Waals surface area contributed by atoms with Crippen molar-refractivity contribution in [3.8, 4) is 11.5 Å². The van der Waals surface area contributed by atoms with Crippen molar-refractivity contribution in [1.29, 1.82) is 0 Å². The number of aliphatic carboxylic acids is 1. The largest absolute Gasteiger partial charge is 0.482 e. The van der Waals surface area contributed by atoms with Gasteiger partial charge in [0.1, 0.15) is 30.0 Å². The molecule has 3 heterocycles. The molecular weight excluding hydrogens is 594 g/mol. The molecule has 46 heavy (non-hydrogen) atoms. The SMILES string of the molecule is COC12CCC3(CC1C(C)(O)C(C)(C)C)C1Cc4ccc(O[C@@H]5O[C@H](C(=O)O)[C@@H](O)[C@H](O)[C@H]5O)c5c4C3(CCN1CC1CC1)C2O5. The summed E-state index contributed by atoms with van der Waals surface area (Å²) >= 11 is 0. The van der Waals surface area contributed by atoms with Gasteiger partial charge >= 0.3 is 5.97 Å². The summed E-state index contributed by atoms with van der Waals surface area (Å²) in [6.07, 6.45) is -2.16. The first kappa shape index (κ1) is 31.3. The van der Waals surface area contributed by atoms with Crippen LogP contribution < -0.4 is 9.47 Å². The Balaban J connectivity index is 1.27. The van der Waals surface area contributed by atoms with Crippen LogP contribution in [0.2, 0.25) is 0 Å². The second-order valence-electron chi connectivity index (χ2n) is 16.6. The third-order valence-electron chi connectivity index (χ3n) is 13.9. The van der Waals surface area contributed by atoms with Gasteiger partial charge in [0.2, 0.25) is 6.29 Å². The van der Waals surface area contributed by atoms with E-state index >= 15 is 0 Å². The van der Waals surface area contributed by atoms with Crippen molar-refractivity contribution >= 4 is 5.97 Å². The van der Waals surface area contributed by atoms with Gasteiger partial charge in [-0.3, -0.25) is 4.90 Å². The average molecular weight is 644 g/mol. The van der Waals surface area contributed by atoms with E-state index in [1.54, 1.807) is 13.2 Å². The zero-order valence-corrected chi connectivity index (χ0v) is 27.4. The number of aliphatic hydroxyl groups is 4. The van der Waals surface area contributed by atoms with Crippen LogP contribution in [-0.4, -0.2) is 111 Å². The maximum Gasteiger partial charge on any atom is 0.335 e. The molecule has 4 bridgehead atoms. The zero-order chi connectivity index (χ0) is 32.8. The third-order valence-corrected chi connectivity index (χ3v) is 13.9. The number of rotatable bonds is 7. The van der Waals surface area contributed by atoms with Gasteiger partial charge in [-0.1, -0.05) is 26.8 Å². The smallest absolute Gasteiger partial charge is 0.335 e. The summed E-state index contributed by atoms with van der Waals surface area (Å²) in [5, 5.41) is 53.6. The van der Waals surface area contributed by atoms with Crippen LogP contribution in [0.1, 0.15) is 77.3 Å². The number of ether oxygens (including phenoxy) is 4. The number of fused-ring (bicyclic) bond motifs is 2. The standard InChI is InChI=1S/C35H49NO10/c1-31(2,3)32(4,42)20-15-33-10-11-35(20,43-5)30-34(33)12-13-36(16-17-6-7-17)21(33)14-18-8-9-19(26(46-30)22(18)34)44-29-25(39)23(37)24(38)27(45-29)28(40)41/h8-9,17,20-21,23-25,27,29-30,37-39,42H,6-7,10-16H2,1-5H3,(H,40,41)/t20?,21?,23-,24-,25+,27-,29+,30?,32?,33?,34?,35?/m0/s1. The maximum atomic E-state index is 12.4. The molecule has 8 aliphatic rings. The van der Waals surface area contributed by atoms with Crippen LogP contribution >= 0.6 is 0 Å². The quantitative estimate of drug-likeness (QED) is 0.296. The molecule has 5 aliphatic carbocycles. The van der Waals surface area contributed by atoms with Gasteiger partial charge in [-0.15, -0.1) is 0 Å². The molecule has 0 aromatic heterocycles. The molecule has 2 spiro atoms. The molecule has 3 aliphatic heterocycles. The summed E-state index contributed by atoms with van der Waals surface area (Å²) < 4.78 is 25.5. The Kier molecular flexibility index (Phi) is 6.67. The molecule has 1 aromatic rings. The summed E-state index contributed by atoms with van der Waals surface area (Å²) in [5.41, 5.74) is -0.512. The number of piperidine rings is 1. The van der Waals surface area contributed by atoms with Crippen molar-refractivity contribution in [3.05, 3.63) is 23.3 Å². The molecule has 0 amide bonds. The fourth-order valence-electron chi connectivity index (χ4n) is 10.9. The van der Waals surface area contributed by atoms with Gasteiger partial charge < -0.3 is 44.5 Å². The number of carboxylic acids is 1. The van der Waals surface area contributed by atoms with Crippen LogP contribution in [0.15, 0.2) is 12.1 Å². The molecule has 254 valence electrons. The maximum absolute atomic E-state index is 12.4. The predicted octanol–water partition coefficient (Wildman–Crippen LogP) is 1.98. The molecule has 1 aromatic carbocycles. The lowest BCUT2D eigenvalue weighted by molar-refractivity contribution is -0.312. The molecule has 2 saturated heterocycles. The van der Waals surface area contributed by atoms with Crippen molar-refractivity contribution in [2.45, 2.75) is 132 Å². The number of benzene rings is 1. The Hall–Kier alpha value is -1.99. The summed E-state index contributed by atoms with van der Waals surface area (Å²) in [4.78, 5) is 14.5. The molecular formula is C35H49NO10. The highest BCUT2D eigenvalue weighted by atomic mass is 16.7. The van der Waals surface area contributed by atoms with E-state index in [9.17, 15) is 30.3 Å². The van der Waals surface area contributed by atoms with E-state index < -0.39 is 59.4 Å². The van der Waals surface area contributed by atoms with Gasteiger partial charge in [-0.2, -0.15) is 0 Å². The van der Waals surface area contributed by atoms with Crippen molar-refractivity contribution in [2.75, 3.05) is 20.2 Å². The number of hydrogen-bond donors (Lipinski definition) is 5. The Morgan fingerprint density at radius 2 is 1.80 bits per heavy atom. The van der Waals surface area contributed by atoms with E-state index in [1.807, 2.05) is 6.92 Å². The van der Waals surface area contributed by atoms with Crippen molar-refractivity contribution in [2.24, 2.45) is 22.7 Å². The van der Waals surface area contributed by atoms with Crippen molar-refractivity contribution in [3.63, 3.8) is 0 Å². The first-order valence-corrected chi connectivity index (χ1v) is 17.1. The highest BCUT2D eigenvalue weighted by molar-refractivity contribution is 5.73. The third kappa shape index (κ3) is 3.76. The fraction of sp³-hybridized carbons (Fsp3) is 0.800. The number of aliphatic hydroxyl groups excluding tert-OH is 3. The van der Waals surface area contributed by atoms with E-state index in [1.165, 1.54) is 18.4 Å². The summed E-state index contributed by atoms with van der Waals surface area (Å²) in [7, 11) is 1.75. The number of nitrogens with zero attached hydrogens (tertiary/aromatic N) is 1. The number of methoxy groups -OCH3 is 1. The van der Waals surface area contributed by atoms with Crippen LogP contribution in [0.25, 0.3) is 0 Å². The van der Waals surface area contributed by atoms with E-state index in [2.05, 4.69) is 31.7 Å². The second-order valence-corrected chi connectivity index (χ2v) is 16.6. The monoisotopic (exact) mass is 643 g/mol. The highest BCUT2D eigenvalue weighted by Crippen LogP contribution is 2.78. The lowest BCUT2D eigenvalue weighted by Gasteiger charge is -2.75. The van der Waals surface area contributed by atoms with Crippen molar-refractivity contribution < 1.29 is 49.3 Å². The van der Waals surface area contributed by atoms with Crippen molar-refractivity contribution in [1.82, 2.24) is 4.90 Å². The van der Waals surface area contributed by atoms with Gasteiger partial charge in [0.05, 0.1) is 5.60 Å². The van der Waals surface area contributed by atoms with E-state index in [0.717, 1.165) is 56.7 Å². The molecule has 4 saturated carbocycles. The normalized spacial score (nSPS) is 45.5. The number of hydrogen-bond acceptors (Lipinski definition) is 10. The van der Waals surface area contributed by atoms with E-state index in [4.69, 9.17) is 18.9 Å². The van der Waals surface area contributed by atoms with Crippen LogP contribution in [0.3, 0.4) is 0 Å². The van der Waals surface area contributed by atoms with Gasteiger partial charge in [0.25, 0.3) is 0 Å². The van der Waals surface area contributed by atoms with E-state index in [0.29, 0.717) is 11.8 Å². The van der Waals surface area contributed by atoms with Crippen LogP contribution in [0, 0.1) is 22.7 Å². The highest BCUT2D eigenvalue weighted by Gasteiger charge is 2.82. The minimum Gasteiger partial charge on any atom is -0.482 e. The average Bonchev–Trinajstić information content (AvgIpc) is 3.75. The van der Waals surface area contributed by atoms with Crippen LogP contribution in [-0.2, 0) is 26.1 Å². The number of carbonyl (C=O) groups is 1. The van der Waals surface area contributed by atoms with Gasteiger partial charge in [-0.25, -0.2) is 4.79 Å². The molecule has 7 unspecified atom stereocenters. The molecule has 12 atom stereocenters. The summed E-state index contributed by atoms with van der Waals surface area (Å²) in [5.74, 6) is -0.0821. The topological polar surface area (TPSA) is 158 Å². The first-order valence-electron chi connectivity index (χ1n) is 17.1. The van der Waals surface area contributed by atoms with Gasteiger partial charge in [-0.05, 0) is 81.4 Å². The Morgan fingerprint density at radius 1 is 1.07 bits per heavy atom. The molecule has 11 nitrogen and oxygen atoms in total. The lowest BCUT2D eigenvalue weighted by atomic mass is 9.33. The summed E-state index contributed by atoms with van der Waals surface area (Å²) in [6, 6.07) is 4.14. The molecule has 11 heteroatoms. The van der Waals surface area contributed by atoms with Crippen LogP contribution in [0.4, 0.5) is 0 Å². The Bertz CT molecular complexity index is 1440. The minimum atomic E-state index is -1.81. The second kappa shape index (κ2) is 9.80. The Labute approximate surface area is 269 Å². The van der Waals surface area contributed by atoms with Crippen LogP contribution in [0.5, 0.6) is 11.5 Å². The molecule has 6 fully saturated rings. The zero-order valence-electron chi connectivity index (χ0n) is 27.4. The molecule has 0 radical (unpaired) electrons. The number of carboxylic acid groups (broad SMARTS) is 1. The minimum absolute atomic E-state index is 0.169.